The van der Waals surface area contributed by atoms with Crippen LogP contribution >= 0.6 is 0 Å². The van der Waals surface area contributed by atoms with E-state index in [9.17, 15) is 0 Å². The molecule has 11 rings (SSSR count). The van der Waals surface area contributed by atoms with Crippen molar-refractivity contribution < 1.29 is 0 Å². The molecule has 0 spiro atoms. The number of para-hydroxylation sites is 3. The Morgan fingerprint density at radius 1 is 0.310 bits per heavy atom. The van der Waals surface area contributed by atoms with E-state index in [2.05, 4.69) is 240 Å². The Labute approximate surface area is 338 Å². The molecular weight excluding hydrogens is 701 g/mol. The number of fused-ring (bicyclic) bond motifs is 6. The predicted molar refractivity (Wildman–Crippen MR) is 247 cm³/mol. The van der Waals surface area contributed by atoms with Crippen LogP contribution in [0.15, 0.2) is 231 Å². The van der Waals surface area contributed by atoms with Crippen molar-refractivity contribution in [2.75, 3.05) is 4.90 Å². The van der Waals surface area contributed by atoms with Gasteiger partial charge in [0.05, 0.1) is 22.4 Å². The highest BCUT2D eigenvalue weighted by Crippen LogP contribution is 2.48. The Morgan fingerprint density at radius 3 is 1.78 bits per heavy atom. The number of nitrogens with zero attached hydrogens (tertiary/aromatic N) is 2. The molecule has 58 heavy (non-hydrogen) atoms. The molecule has 1 heterocycles. The fourth-order valence-corrected chi connectivity index (χ4v) is 8.93. The van der Waals surface area contributed by atoms with E-state index in [1.807, 2.05) is 0 Å². The van der Waals surface area contributed by atoms with E-state index in [0.717, 1.165) is 39.4 Å². The number of hydrogen-bond donors (Lipinski definition) is 0. The summed E-state index contributed by atoms with van der Waals surface area (Å²) in [6.07, 6.45) is 0. The summed E-state index contributed by atoms with van der Waals surface area (Å²) < 4.78 is 2.44. The summed E-state index contributed by atoms with van der Waals surface area (Å²) in [5.41, 5.74) is 13.8. The highest BCUT2D eigenvalue weighted by molar-refractivity contribution is 6.15. The van der Waals surface area contributed by atoms with Crippen LogP contribution in [0.25, 0.3) is 82.4 Å². The van der Waals surface area contributed by atoms with Gasteiger partial charge in [0.25, 0.3) is 0 Å². The highest BCUT2D eigenvalue weighted by atomic mass is 15.2. The van der Waals surface area contributed by atoms with E-state index in [1.54, 1.807) is 0 Å². The quantitative estimate of drug-likeness (QED) is 0.148. The minimum atomic E-state index is 1.08. The molecule has 0 aliphatic carbocycles. The minimum absolute atomic E-state index is 1.08. The molecule has 10 aromatic carbocycles. The molecule has 0 saturated carbocycles. The molecule has 0 bridgehead atoms. The van der Waals surface area contributed by atoms with Crippen LogP contribution in [-0.4, -0.2) is 4.57 Å². The molecule has 2 heteroatoms. The van der Waals surface area contributed by atoms with Crippen molar-refractivity contribution in [1.82, 2.24) is 4.57 Å². The third kappa shape index (κ3) is 5.66. The summed E-state index contributed by atoms with van der Waals surface area (Å²) in [6, 6.07) is 83.8. The maximum Gasteiger partial charge on any atom is 0.0782 e. The SMILES string of the molecule is c1ccc(-c2ccc(N(c3cccc(-c4cccc5c4ccc4ccccc45)c3)c3cccc4c5ccccc5n(-c5ccccc5)c34)c(-c3ccccc3)c2)cc1. The topological polar surface area (TPSA) is 8.17 Å². The van der Waals surface area contributed by atoms with Gasteiger partial charge >= 0.3 is 0 Å². The van der Waals surface area contributed by atoms with Crippen molar-refractivity contribution in [2.45, 2.75) is 0 Å². The van der Waals surface area contributed by atoms with Crippen molar-refractivity contribution in [3.8, 4) is 39.1 Å². The molecule has 272 valence electrons. The summed E-state index contributed by atoms with van der Waals surface area (Å²) >= 11 is 0. The molecule has 0 aliphatic rings. The van der Waals surface area contributed by atoms with Crippen LogP contribution in [-0.2, 0) is 0 Å². The van der Waals surface area contributed by atoms with E-state index >= 15 is 0 Å². The zero-order chi connectivity index (χ0) is 38.4. The monoisotopic (exact) mass is 738 g/mol. The second-order valence-corrected chi connectivity index (χ2v) is 14.9. The summed E-state index contributed by atoms with van der Waals surface area (Å²) in [5.74, 6) is 0. The Kier molecular flexibility index (Phi) is 8.19. The Balaban J connectivity index is 1.22. The average Bonchev–Trinajstić information content (AvgIpc) is 3.65. The van der Waals surface area contributed by atoms with Crippen molar-refractivity contribution in [1.29, 1.82) is 0 Å². The van der Waals surface area contributed by atoms with Gasteiger partial charge in [0.2, 0.25) is 0 Å². The maximum absolute atomic E-state index is 2.49. The predicted octanol–water partition coefficient (Wildman–Crippen LogP) is 15.6. The van der Waals surface area contributed by atoms with E-state index in [1.165, 1.54) is 60.1 Å². The fraction of sp³-hybridized carbons (Fsp3) is 0. The van der Waals surface area contributed by atoms with E-state index in [4.69, 9.17) is 0 Å². The first-order valence-corrected chi connectivity index (χ1v) is 19.9. The standard InChI is InChI=1S/C56H38N2/c1-4-17-39(18-5-1)42-34-36-54(52(38-42)40-19-6-2-7-20-40)57(55-32-16-30-51-50-27-12-13-31-53(50)58(56(51)55)44-23-8-3-9-24-44)45-25-14-22-43(37-45)47-28-15-29-48-46-26-11-10-21-41(46)33-35-49(47)48/h1-38H. The number of benzene rings is 10. The van der Waals surface area contributed by atoms with Gasteiger partial charge < -0.3 is 9.47 Å². The first-order valence-electron chi connectivity index (χ1n) is 19.9. The van der Waals surface area contributed by atoms with Crippen LogP contribution in [0.5, 0.6) is 0 Å². The number of aromatic nitrogens is 1. The molecule has 2 nitrogen and oxygen atoms in total. The molecular formula is C56H38N2. The third-order valence-electron chi connectivity index (χ3n) is 11.6. The lowest BCUT2D eigenvalue weighted by molar-refractivity contribution is 1.17. The molecule has 1 aromatic heterocycles. The minimum Gasteiger partial charge on any atom is -0.308 e. The molecule has 0 amide bonds. The van der Waals surface area contributed by atoms with Crippen molar-refractivity contribution in [3.63, 3.8) is 0 Å². The van der Waals surface area contributed by atoms with Gasteiger partial charge in [-0.1, -0.05) is 182 Å². The van der Waals surface area contributed by atoms with E-state index in [-0.39, 0.29) is 0 Å². The van der Waals surface area contributed by atoms with Crippen molar-refractivity contribution in [2.24, 2.45) is 0 Å². The number of anilines is 3. The maximum atomic E-state index is 2.49. The summed E-state index contributed by atoms with van der Waals surface area (Å²) in [4.78, 5) is 2.49. The first-order chi connectivity index (χ1) is 28.8. The lowest BCUT2D eigenvalue weighted by atomic mass is 9.94. The van der Waals surface area contributed by atoms with Crippen molar-refractivity contribution in [3.05, 3.63) is 231 Å². The van der Waals surface area contributed by atoms with Crippen LogP contribution in [0.2, 0.25) is 0 Å². The molecule has 0 fully saturated rings. The zero-order valence-corrected chi connectivity index (χ0v) is 31.8. The van der Waals surface area contributed by atoms with Crippen LogP contribution < -0.4 is 4.90 Å². The molecule has 0 radical (unpaired) electrons. The number of hydrogen-bond acceptors (Lipinski definition) is 1. The normalized spacial score (nSPS) is 11.4. The van der Waals surface area contributed by atoms with Crippen LogP contribution in [0, 0.1) is 0 Å². The lowest BCUT2D eigenvalue weighted by Gasteiger charge is -2.30. The largest absolute Gasteiger partial charge is 0.308 e. The van der Waals surface area contributed by atoms with Crippen molar-refractivity contribution >= 4 is 60.4 Å². The molecule has 0 unspecified atom stereocenters. The van der Waals surface area contributed by atoms with Gasteiger partial charge in [-0.25, -0.2) is 0 Å². The molecule has 0 N–H and O–H groups in total. The van der Waals surface area contributed by atoms with Crippen LogP contribution in [0.1, 0.15) is 0 Å². The molecule has 0 aliphatic heterocycles. The summed E-state index contributed by atoms with van der Waals surface area (Å²) in [5, 5.41) is 7.46. The lowest BCUT2D eigenvalue weighted by Crippen LogP contribution is -2.13. The summed E-state index contributed by atoms with van der Waals surface area (Å²) in [6.45, 7) is 0. The third-order valence-corrected chi connectivity index (χ3v) is 11.6. The van der Waals surface area contributed by atoms with Gasteiger partial charge in [0.15, 0.2) is 0 Å². The fourth-order valence-electron chi connectivity index (χ4n) is 8.93. The highest BCUT2D eigenvalue weighted by Gasteiger charge is 2.24. The van der Waals surface area contributed by atoms with E-state index < -0.39 is 0 Å². The summed E-state index contributed by atoms with van der Waals surface area (Å²) in [7, 11) is 0. The van der Waals surface area contributed by atoms with Gasteiger partial charge in [0, 0.05) is 27.7 Å². The van der Waals surface area contributed by atoms with Gasteiger partial charge in [-0.05, 0) is 97.9 Å². The zero-order valence-electron chi connectivity index (χ0n) is 31.8. The van der Waals surface area contributed by atoms with Crippen LogP contribution in [0.3, 0.4) is 0 Å². The first kappa shape index (κ1) is 33.6. The number of rotatable bonds is 7. The Bertz CT molecular complexity index is 3270. The van der Waals surface area contributed by atoms with Gasteiger partial charge in [-0.3, -0.25) is 0 Å². The smallest absolute Gasteiger partial charge is 0.0782 e. The molecule has 0 saturated heterocycles. The van der Waals surface area contributed by atoms with Gasteiger partial charge in [-0.15, -0.1) is 0 Å². The Morgan fingerprint density at radius 2 is 0.948 bits per heavy atom. The molecule has 0 atom stereocenters. The van der Waals surface area contributed by atoms with E-state index in [0.29, 0.717) is 0 Å². The Hall–Kier alpha value is -7.68. The van der Waals surface area contributed by atoms with Gasteiger partial charge in [-0.2, -0.15) is 0 Å². The second kappa shape index (κ2) is 14.1. The second-order valence-electron chi connectivity index (χ2n) is 14.9. The molecule has 11 aromatic rings. The van der Waals surface area contributed by atoms with Crippen LogP contribution in [0.4, 0.5) is 17.1 Å². The van der Waals surface area contributed by atoms with Gasteiger partial charge in [0.1, 0.15) is 0 Å². The average molecular weight is 739 g/mol.